The van der Waals surface area contributed by atoms with Crippen LogP contribution in [0.1, 0.15) is 15.9 Å². The first-order valence-corrected chi connectivity index (χ1v) is 8.17. The molecule has 3 aromatic rings. The van der Waals surface area contributed by atoms with Gasteiger partial charge in [0.05, 0.1) is 17.6 Å². The van der Waals surface area contributed by atoms with Gasteiger partial charge in [0.1, 0.15) is 17.9 Å². The van der Waals surface area contributed by atoms with Crippen molar-refractivity contribution >= 4 is 28.3 Å². The van der Waals surface area contributed by atoms with E-state index in [0.29, 0.717) is 28.0 Å². The summed E-state index contributed by atoms with van der Waals surface area (Å²) in [7, 11) is 3.07. The number of methoxy groups -OCH3 is 1. The number of ether oxygens (including phenoxy) is 2. The smallest absolute Gasteiger partial charge is 0.340 e. The third kappa shape index (κ3) is 3.78. The number of carbonyl (C=O) groups is 1. The quantitative estimate of drug-likeness (QED) is 0.298. The molecule has 0 amide bonds. The molecule has 0 fully saturated rings. The van der Waals surface area contributed by atoms with Crippen molar-refractivity contribution in [2.24, 2.45) is 0 Å². The van der Waals surface area contributed by atoms with E-state index in [1.54, 1.807) is 25.2 Å². The molecule has 0 saturated heterocycles. The first kappa shape index (κ1) is 18.9. The zero-order valence-corrected chi connectivity index (χ0v) is 15.1. The number of anilines is 1. The van der Waals surface area contributed by atoms with Crippen molar-refractivity contribution in [1.82, 2.24) is 0 Å². The van der Waals surface area contributed by atoms with Gasteiger partial charge in [-0.25, -0.2) is 9.59 Å². The van der Waals surface area contributed by atoms with E-state index in [4.69, 9.17) is 13.9 Å². The van der Waals surface area contributed by atoms with Crippen LogP contribution in [0.2, 0.25) is 0 Å². The minimum absolute atomic E-state index is 0.0191. The summed E-state index contributed by atoms with van der Waals surface area (Å²) in [5.74, 6) is -0.247. The Bertz CT molecular complexity index is 1120. The van der Waals surface area contributed by atoms with Crippen molar-refractivity contribution < 1.29 is 23.6 Å². The second-order valence-corrected chi connectivity index (χ2v) is 5.77. The number of benzene rings is 2. The van der Waals surface area contributed by atoms with E-state index in [-0.39, 0.29) is 17.9 Å². The average Bonchev–Trinajstić information content (AvgIpc) is 2.70. The molecule has 0 radical (unpaired) electrons. The molecule has 0 aliphatic rings. The van der Waals surface area contributed by atoms with Crippen LogP contribution in [0.3, 0.4) is 0 Å². The van der Waals surface area contributed by atoms with Gasteiger partial charge in [0.25, 0.3) is 5.69 Å². The minimum atomic E-state index is -0.761. The number of nitro benzene ring substituents is 1. The summed E-state index contributed by atoms with van der Waals surface area (Å²) < 4.78 is 15.6. The third-order valence-corrected chi connectivity index (χ3v) is 4.10. The molecule has 1 N–H and O–H groups in total. The number of nitrogens with zero attached hydrogens (tertiary/aromatic N) is 1. The lowest BCUT2D eigenvalue weighted by atomic mass is 10.1. The molecule has 0 spiro atoms. The van der Waals surface area contributed by atoms with Crippen molar-refractivity contribution in [1.29, 1.82) is 0 Å². The van der Waals surface area contributed by atoms with Gasteiger partial charge in [0, 0.05) is 48.0 Å². The van der Waals surface area contributed by atoms with E-state index in [9.17, 15) is 19.7 Å². The first-order chi connectivity index (χ1) is 13.4. The Hall–Kier alpha value is -3.88. The maximum Gasteiger partial charge on any atom is 0.340 e. The van der Waals surface area contributed by atoms with E-state index in [0.717, 1.165) is 6.07 Å². The van der Waals surface area contributed by atoms with Crippen molar-refractivity contribution in [3.05, 3.63) is 74.1 Å². The first-order valence-electron chi connectivity index (χ1n) is 8.17. The fourth-order valence-corrected chi connectivity index (χ4v) is 2.71. The molecule has 0 bridgehead atoms. The molecule has 144 valence electrons. The lowest BCUT2D eigenvalue weighted by Gasteiger charge is -2.10. The number of esters is 1. The van der Waals surface area contributed by atoms with Crippen LogP contribution in [-0.4, -0.2) is 25.1 Å². The summed E-state index contributed by atoms with van der Waals surface area (Å²) in [4.78, 5) is 34.7. The zero-order chi connectivity index (χ0) is 20.3. The molecule has 0 saturated carbocycles. The second kappa shape index (κ2) is 7.78. The van der Waals surface area contributed by atoms with Gasteiger partial charge < -0.3 is 19.2 Å². The van der Waals surface area contributed by atoms with Crippen molar-refractivity contribution in [2.75, 3.05) is 19.5 Å². The fraction of sp³-hybridized carbons (Fsp3) is 0.158. The molecular weight excluding hydrogens is 368 g/mol. The molecule has 1 heterocycles. The monoisotopic (exact) mass is 384 g/mol. The van der Waals surface area contributed by atoms with Gasteiger partial charge in [-0.1, -0.05) is 0 Å². The van der Waals surface area contributed by atoms with Crippen LogP contribution < -0.4 is 15.7 Å². The number of non-ortho nitro benzene ring substituents is 1. The summed E-state index contributed by atoms with van der Waals surface area (Å²) in [6.45, 7) is -0.209. The topological polar surface area (TPSA) is 121 Å². The van der Waals surface area contributed by atoms with E-state index in [2.05, 4.69) is 5.32 Å². The number of rotatable bonds is 6. The molecular formula is C19H16N2O7. The highest BCUT2D eigenvalue weighted by atomic mass is 16.6. The van der Waals surface area contributed by atoms with Crippen LogP contribution in [-0.2, 0) is 11.3 Å². The standard InChI is InChI=1S/C19H16N2O7/c1-20-16-6-3-12(21(24)25)8-15(16)19(23)27-10-11-7-18(22)28-17-9-13(26-2)4-5-14(11)17/h3-9,20H,10H2,1-2H3. The Kier molecular flexibility index (Phi) is 5.25. The maximum absolute atomic E-state index is 12.5. The summed E-state index contributed by atoms with van der Waals surface area (Å²) in [6, 6.07) is 10.0. The van der Waals surface area contributed by atoms with Crippen LogP contribution in [0.25, 0.3) is 11.0 Å². The Morgan fingerprint density at radius 3 is 2.68 bits per heavy atom. The van der Waals surface area contributed by atoms with Gasteiger partial charge in [-0.3, -0.25) is 10.1 Å². The number of hydrogen-bond donors (Lipinski definition) is 1. The van der Waals surface area contributed by atoms with Crippen LogP contribution in [0.5, 0.6) is 5.75 Å². The Morgan fingerprint density at radius 1 is 1.21 bits per heavy atom. The minimum Gasteiger partial charge on any atom is -0.497 e. The van der Waals surface area contributed by atoms with E-state index >= 15 is 0 Å². The molecule has 28 heavy (non-hydrogen) atoms. The van der Waals surface area contributed by atoms with Crippen molar-refractivity contribution in [3.8, 4) is 5.75 Å². The Morgan fingerprint density at radius 2 is 2.00 bits per heavy atom. The van der Waals surface area contributed by atoms with Gasteiger partial charge >= 0.3 is 11.6 Å². The van der Waals surface area contributed by atoms with Crippen LogP contribution >= 0.6 is 0 Å². The number of fused-ring (bicyclic) bond motifs is 1. The van der Waals surface area contributed by atoms with Crippen molar-refractivity contribution in [3.63, 3.8) is 0 Å². The summed E-state index contributed by atoms with van der Waals surface area (Å²) in [6.07, 6.45) is 0. The molecule has 0 atom stereocenters. The van der Waals surface area contributed by atoms with Crippen LogP contribution in [0.15, 0.2) is 51.7 Å². The number of carbonyl (C=O) groups excluding carboxylic acids is 1. The predicted octanol–water partition coefficient (Wildman–Crippen LogP) is 3.11. The SMILES string of the molecule is CNc1ccc([N+](=O)[O-])cc1C(=O)OCc1cc(=O)oc2cc(OC)ccc12. The molecule has 9 nitrogen and oxygen atoms in total. The second-order valence-electron chi connectivity index (χ2n) is 5.77. The van der Waals surface area contributed by atoms with E-state index in [1.165, 1.54) is 25.3 Å². The molecule has 9 heteroatoms. The van der Waals surface area contributed by atoms with E-state index < -0.39 is 16.5 Å². The molecule has 0 unspecified atom stereocenters. The molecule has 2 aromatic carbocycles. The molecule has 3 rings (SSSR count). The van der Waals surface area contributed by atoms with Crippen LogP contribution in [0, 0.1) is 10.1 Å². The lowest BCUT2D eigenvalue weighted by molar-refractivity contribution is -0.384. The number of hydrogen-bond acceptors (Lipinski definition) is 8. The normalized spacial score (nSPS) is 10.5. The number of nitrogens with one attached hydrogen (secondary N) is 1. The summed E-state index contributed by atoms with van der Waals surface area (Å²) in [5.41, 5.74) is 0.313. The Labute approximate surface area is 158 Å². The van der Waals surface area contributed by atoms with Gasteiger partial charge in [0.15, 0.2) is 0 Å². The van der Waals surface area contributed by atoms with E-state index in [1.807, 2.05) is 0 Å². The highest BCUT2D eigenvalue weighted by Crippen LogP contribution is 2.25. The highest BCUT2D eigenvalue weighted by Gasteiger charge is 2.18. The van der Waals surface area contributed by atoms with Gasteiger partial charge in [-0.05, 0) is 18.2 Å². The highest BCUT2D eigenvalue weighted by molar-refractivity contribution is 5.96. The fourth-order valence-electron chi connectivity index (χ4n) is 2.71. The largest absolute Gasteiger partial charge is 0.497 e. The maximum atomic E-state index is 12.5. The lowest BCUT2D eigenvalue weighted by Crippen LogP contribution is -2.10. The number of nitro groups is 1. The predicted molar refractivity (Wildman–Crippen MR) is 101 cm³/mol. The van der Waals surface area contributed by atoms with Gasteiger partial charge in [-0.2, -0.15) is 0 Å². The molecule has 0 aliphatic heterocycles. The van der Waals surface area contributed by atoms with Gasteiger partial charge in [-0.15, -0.1) is 0 Å². The van der Waals surface area contributed by atoms with Gasteiger partial charge in [0.2, 0.25) is 0 Å². The summed E-state index contributed by atoms with van der Waals surface area (Å²) in [5, 5.41) is 14.3. The Balaban J connectivity index is 1.90. The molecule has 1 aromatic heterocycles. The molecule has 0 aliphatic carbocycles. The van der Waals surface area contributed by atoms with Crippen molar-refractivity contribution in [2.45, 2.75) is 6.61 Å². The summed E-state index contributed by atoms with van der Waals surface area (Å²) >= 11 is 0. The average molecular weight is 384 g/mol. The zero-order valence-electron chi connectivity index (χ0n) is 15.1. The third-order valence-electron chi connectivity index (χ3n) is 4.10. The van der Waals surface area contributed by atoms with Crippen LogP contribution in [0.4, 0.5) is 11.4 Å².